The molecule has 0 atom stereocenters. The van der Waals surface area contributed by atoms with Crippen LogP contribution in [0.25, 0.3) is 0 Å². The number of rotatable bonds is 6. The maximum Gasteiger partial charge on any atom is 0.105 e. The van der Waals surface area contributed by atoms with Gasteiger partial charge in [-0.2, -0.15) is 0 Å². The SMILES string of the molecule is CC(C)NCCC1(OC2COC2)CCC1. The Morgan fingerprint density at radius 2 is 2.13 bits per heavy atom. The van der Waals surface area contributed by atoms with E-state index in [9.17, 15) is 0 Å². The molecule has 0 bridgehead atoms. The highest BCUT2D eigenvalue weighted by Gasteiger charge is 2.41. The predicted octanol–water partition coefficient (Wildman–Crippen LogP) is 1.71. The Bertz CT molecular complexity index is 198. The van der Waals surface area contributed by atoms with Gasteiger partial charge in [0.15, 0.2) is 0 Å². The maximum absolute atomic E-state index is 6.13. The second kappa shape index (κ2) is 4.81. The molecule has 2 rings (SSSR count). The van der Waals surface area contributed by atoms with Gasteiger partial charge in [-0.3, -0.25) is 0 Å². The van der Waals surface area contributed by atoms with E-state index >= 15 is 0 Å². The molecule has 2 fully saturated rings. The summed E-state index contributed by atoms with van der Waals surface area (Å²) >= 11 is 0. The molecule has 1 aliphatic heterocycles. The largest absolute Gasteiger partial charge is 0.376 e. The predicted molar refractivity (Wildman–Crippen MR) is 60.0 cm³/mol. The van der Waals surface area contributed by atoms with E-state index in [0.717, 1.165) is 26.2 Å². The van der Waals surface area contributed by atoms with Gasteiger partial charge in [-0.25, -0.2) is 0 Å². The van der Waals surface area contributed by atoms with E-state index in [1.54, 1.807) is 0 Å². The Labute approximate surface area is 92.5 Å². The van der Waals surface area contributed by atoms with Crippen LogP contribution in [0, 0.1) is 0 Å². The van der Waals surface area contributed by atoms with E-state index in [4.69, 9.17) is 9.47 Å². The lowest BCUT2D eigenvalue weighted by Gasteiger charge is -2.46. The van der Waals surface area contributed by atoms with Crippen LogP contribution < -0.4 is 5.32 Å². The van der Waals surface area contributed by atoms with Crippen LogP contribution in [0.1, 0.15) is 39.5 Å². The van der Waals surface area contributed by atoms with Crippen molar-refractivity contribution in [1.29, 1.82) is 0 Å². The van der Waals surface area contributed by atoms with Gasteiger partial charge in [-0.1, -0.05) is 13.8 Å². The fraction of sp³-hybridized carbons (Fsp3) is 1.00. The lowest BCUT2D eigenvalue weighted by Crippen LogP contribution is -2.50. The number of hydrogen-bond acceptors (Lipinski definition) is 3. The van der Waals surface area contributed by atoms with E-state index < -0.39 is 0 Å². The van der Waals surface area contributed by atoms with Crippen LogP contribution in [-0.2, 0) is 9.47 Å². The molecule has 1 saturated heterocycles. The van der Waals surface area contributed by atoms with Crippen molar-refractivity contribution < 1.29 is 9.47 Å². The summed E-state index contributed by atoms with van der Waals surface area (Å²) in [5.41, 5.74) is 0.191. The Morgan fingerprint density at radius 1 is 1.40 bits per heavy atom. The normalized spacial score (nSPS) is 25.0. The quantitative estimate of drug-likeness (QED) is 0.728. The van der Waals surface area contributed by atoms with E-state index in [1.807, 2.05) is 0 Å². The average molecular weight is 213 g/mol. The molecule has 1 saturated carbocycles. The summed E-state index contributed by atoms with van der Waals surface area (Å²) in [5, 5.41) is 3.47. The van der Waals surface area contributed by atoms with Crippen molar-refractivity contribution in [1.82, 2.24) is 5.32 Å². The molecular weight excluding hydrogens is 190 g/mol. The zero-order valence-corrected chi connectivity index (χ0v) is 9.92. The summed E-state index contributed by atoms with van der Waals surface area (Å²) in [6.07, 6.45) is 5.34. The van der Waals surface area contributed by atoms with E-state index in [2.05, 4.69) is 19.2 Å². The molecular formula is C12H23NO2. The molecule has 0 amide bonds. The molecule has 0 aromatic heterocycles. The maximum atomic E-state index is 6.13. The van der Waals surface area contributed by atoms with Gasteiger partial charge in [0.25, 0.3) is 0 Å². The van der Waals surface area contributed by atoms with Crippen LogP contribution in [0.5, 0.6) is 0 Å². The summed E-state index contributed by atoms with van der Waals surface area (Å²) in [5.74, 6) is 0. The van der Waals surface area contributed by atoms with Crippen LogP contribution in [-0.4, -0.2) is 37.5 Å². The van der Waals surface area contributed by atoms with E-state index in [1.165, 1.54) is 19.3 Å². The van der Waals surface area contributed by atoms with Gasteiger partial charge in [0.2, 0.25) is 0 Å². The minimum absolute atomic E-state index is 0.191. The summed E-state index contributed by atoms with van der Waals surface area (Å²) in [6.45, 7) is 7.06. The summed E-state index contributed by atoms with van der Waals surface area (Å²) in [7, 11) is 0. The minimum atomic E-state index is 0.191. The van der Waals surface area contributed by atoms with E-state index in [-0.39, 0.29) is 5.60 Å². The molecule has 0 unspecified atom stereocenters. The van der Waals surface area contributed by atoms with Crippen LogP contribution in [0.15, 0.2) is 0 Å². The third kappa shape index (κ3) is 2.92. The Hall–Kier alpha value is -0.120. The van der Waals surface area contributed by atoms with Crippen molar-refractivity contribution in [2.75, 3.05) is 19.8 Å². The molecule has 1 N–H and O–H groups in total. The fourth-order valence-electron chi connectivity index (χ4n) is 2.22. The monoisotopic (exact) mass is 213 g/mol. The van der Waals surface area contributed by atoms with Gasteiger partial charge in [0.05, 0.1) is 18.8 Å². The molecule has 3 nitrogen and oxygen atoms in total. The van der Waals surface area contributed by atoms with Crippen molar-refractivity contribution >= 4 is 0 Å². The zero-order valence-electron chi connectivity index (χ0n) is 9.92. The Kier molecular flexibility index (Phi) is 3.65. The fourth-order valence-corrected chi connectivity index (χ4v) is 2.22. The van der Waals surface area contributed by atoms with Crippen molar-refractivity contribution in [3.63, 3.8) is 0 Å². The number of ether oxygens (including phenoxy) is 2. The number of hydrogen-bond donors (Lipinski definition) is 1. The van der Waals surface area contributed by atoms with Crippen LogP contribution >= 0.6 is 0 Å². The molecule has 2 aliphatic rings. The first-order chi connectivity index (χ1) is 7.20. The Morgan fingerprint density at radius 3 is 2.53 bits per heavy atom. The molecule has 15 heavy (non-hydrogen) atoms. The van der Waals surface area contributed by atoms with Gasteiger partial charge >= 0.3 is 0 Å². The summed E-state index contributed by atoms with van der Waals surface area (Å²) in [4.78, 5) is 0. The number of nitrogens with one attached hydrogen (secondary N) is 1. The average Bonchev–Trinajstić information content (AvgIpc) is 2.04. The van der Waals surface area contributed by atoms with Gasteiger partial charge in [-0.15, -0.1) is 0 Å². The van der Waals surface area contributed by atoms with Gasteiger partial charge in [-0.05, 0) is 32.2 Å². The molecule has 1 aliphatic carbocycles. The van der Waals surface area contributed by atoms with Crippen LogP contribution in [0.4, 0.5) is 0 Å². The second-order valence-corrected chi connectivity index (χ2v) is 5.17. The first kappa shape index (κ1) is 11.4. The molecule has 0 aromatic carbocycles. The van der Waals surface area contributed by atoms with Crippen molar-refractivity contribution in [3.8, 4) is 0 Å². The first-order valence-electron chi connectivity index (χ1n) is 6.19. The van der Waals surface area contributed by atoms with Crippen LogP contribution in [0.2, 0.25) is 0 Å². The van der Waals surface area contributed by atoms with Gasteiger partial charge < -0.3 is 14.8 Å². The summed E-state index contributed by atoms with van der Waals surface area (Å²) < 4.78 is 11.3. The standard InChI is InChI=1S/C12H23NO2/c1-10(2)13-7-6-12(4-3-5-12)15-11-8-14-9-11/h10-11,13H,3-9H2,1-2H3. The second-order valence-electron chi connectivity index (χ2n) is 5.17. The Balaban J connectivity index is 1.69. The van der Waals surface area contributed by atoms with Crippen LogP contribution in [0.3, 0.4) is 0 Å². The molecule has 0 radical (unpaired) electrons. The third-order valence-corrected chi connectivity index (χ3v) is 3.42. The molecule has 3 heteroatoms. The van der Waals surface area contributed by atoms with Gasteiger partial charge in [0.1, 0.15) is 6.10 Å². The first-order valence-corrected chi connectivity index (χ1v) is 6.19. The van der Waals surface area contributed by atoms with Gasteiger partial charge in [0, 0.05) is 6.04 Å². The smallest absolute Gasteiger partial charge is 0.105 e. The highest BCUT2D eigenvalue weighted by atomic mass is 16.6. The lowest BCUT2D eigenvalue weighted by atomic mass is 9.77. The molecule has 0 spiro atoms. The van der Waals surface area contributed by atoms with Crippen molar-refractivity contribution in [3.05, 3.63) is 0 Å². The topological polar surface area (TPSA) is 30.5 Å². The molecule has 88 valence electrons. The molecule has 0 aromatic rings. The highest BCUT2D eigenvalue weighted by molar-refractivity contribution is 4.92. The highest BCUT2D eigenvalue weighted by Crippen LogP contribution is 2.40. The summed E-state index contributed by atoms with van der Waals surface area (Å²) in [6, 6.07) is 0.578. The zero-order chi connectivity index (χ0) is 10.7. The third-order valence-electron chi connectivity index (χ3n) is 3.42. The van der Waals surface area contributed by atoms with Crippen molar-refractivity contribution in [2.45, 2.75) is 57.3 Å². The minimum Gasteiger partial charge on any atom is -0.376 e. The van der Waals surface area contributed by atoms with E-state index in [0.29, 0.717) is 12.1 Å². The lowest BCUT2D eigenvalue weighted by molar-refractivity contribution is -0.217. The molecule has 1 heterocycles. The van der Waals surface area contributed by atoms with Crippen molar-refractivity contribution in [2.24, 2.45) is 0 Å².